The average molecular weight is 639 g/mol. The van der Waals surface area contributed by atoms with Crippen molar-refractivity contribution < 1.29 is 0 Å². The lowest BCUT2D eigenvalue weighted by atomic mass is 9.68. The predicted molar refractivity (Wildman–Crippen MR) is 207 cm³/mol. The summed E-state index contributed by atoms with van der Waals surface area (Å²) < 4.78 is 0. The van der Waals surface area contributed by atoms with Crippen LogP contribution in [0, 0.1) is 0 Å². The van der Waals surface area contributed by atoms with E-state index in [9.17, 15) is 0 Å². The largest absolute Gasteiger partial charge is 0.310 e. The Hall–Kier alpha value is -6.51. The van der Waals surface area contributed by atoms with Crippen LogP contribution in [0.4, 0.5) is 17.1 Å². The molecule has 0 saturated heterocycles. The molecule has 50 heavy (non-hydrogen) atoms. The fourth-order valence-electron chi connectivity index (χ4n) is 7.78. The number of fused-ring (bicyclic) bond motifs is 3. The predicted octanol–water partition coefficient (Wildman–Crippen LogP) is 12.2. The van der Waals surface area contributed by atoms with Crippen molar-refractivity contribution in [1.82, 2.24) is 4.98 Å². The minimum Gasteiger partial charge on any atom is -0.310 e. The normalized spacial score (nSPS) is 14.5. The number of benzene rings is 7. The van der Waals surface area contributed by atoms with E-state index in [1.165, 1.54) is 50.1 Å². The van der Waals surface area contributed by atoms with Gasteiger partial charge in [0.1, 0.15) is 0 Å². The molecule has 0 spiro atoms. The summed E-state index contributed by atoms with van der Waals surface area (Å²) in [4.78, 5) is 7.04. The van der Waals surface area contributed by atoms with E-state index in [0.717, 1.165) is 22.6 Å². The van der Waals surface area contributed by atoms with Gasteiger partial charge in [-0.05, 0) is 98.1 Å². The fraction of sp³-hybridized carbons (Fsp3) is 0.0208. The lowest BCUT2D eigenvalue weighted by Crippen LogP contribution is -2.29. The van der Waals surface area contributed by atoms with Crippen LogP contribution in [0.2, 0.25) is 0 Å². The fourth-order valence-corrected chi connectivity index (χ4v) is 7.78. The Labute approximate surface area is 293 Å². The second-order valence-electron chi connectivity index (χ2n) is 12.8. The zero-order valence-electron chi connectivity index (χ0n) is 27.5. The van der Waals surface area contributed by atoms with E-state index in [2.05, 4.69) is 204 Å². The summed E-state index contributed by atoms with van der Waals surface area (Å²) in [7, 11) is 0. The third-order valence-corrected chi connectivity index (χ3v) is 10.1. The Morgan fingerprint density at radius 3 is 1.42 bits per heavy atom. The van der Waals surface area contributed by atoms with Gasteiger partial charge < -0.3 is 4.90 Å². The molecule has 1 heterocycles. The van der Waals surface area contributed by atoms with Crippen LogP contribution in [0.1, 0.15) is 22.3 Å². The van der Waals surface area contributed by atoms with E-state index in [-0.39, 0.29) is 0 Å². The molecule has 0 saturated carbocycles. The Morgan fingerprint density at radius 1 is 0.360 bits per heavy atom. The van der Waals surface area contributed by atoms with Gasteiger partial charge in [0, 0.05) is 29.5 Å². The molecule has 1 aliphatic carbocycles. The zero-order chi connectivity index (χ0) is 33.3. The third-order valence-electron chi connectivity index (χ3n) is 10.1. The summed E-state index contributed by atoms with van der Waals surface area (Å²) in [6.45, 7) is 0. The van der Waals surface area contributed by atoms with Gasteiger partial charge in [-0.25, -0.2) is 0 Å². The molecular formula is C48H34N2. The maximum absolute atomic E-state index is 4.65. The van der Waals surface area contributed by atoms with Crippen molar-refractivity contribution in [2.24, 2.45) is 0 Å². The number of pyridine rings is 1. The van der Waals surface area contributed by atoms with Crippen LogP contribution in [0.15, 0.2) is 207 Å². The van der Waals surface area contributed by atoms with Gasteiger partial charge in [0.05, 0.1) is 5.41 Å². The molecule has 7 aromatic carbocycles. The van der Waals surface area contributed by atoms with Crippen LogP contribution < -0.4 is 4.90 Å². The molecule has 8 aromatic rings. The first-order chi connectivity index (χ1) is 24.8. The number of nitrogens with zero attached hydrogens (tertiary/aromatic N) is 2. The van der Waals surface area contributed by atoms with Gasteiger partial charge in [-0.3, -0.25) is 4.98 Å². The van der Waals surface area contributed by atoms with Crippen molar-refractivity contribution in [2.45, 2.75) is 5.41 Å². The number of rotatable bonds is 7. The minimum absolute atomic E-state index is 0.530. The smallest absolute Gasteiger partial charge is 0.0729 e. The summed E-state index contributed by atoms with van der Waals surface area (Å²) in [6, 6.07) is 70.0. The number of anilines is 3. The van der Waals surface area contributed by atoms with Crippen molar-refractivity contribution in [1.29, 1.82) is 0 Å². The van der Waals surface area contributed by atoms with Gasteiger partial charge in [0.25, 0.3) is 0 Å². The van der Waals surface area contributed by atoms with E-state index in [0.29, 0.717) is 0 Å². The van der Waals surface area contributed by atoms with Gasteiger partial charge in [-0.1, -0.05) is 152 Å². The lowest BCUT2D eigenvalue weighted by Gasteiger charge is -2.34. The molecule has 236 valence electrons. The van der Waals surface area contributed by atoms with E-state index in [4.69, 9.17) is 0 Å². The molecule has 1 aromatic heterocycles. The second kappa shape index (κ2) is 12.5. The Bertz CT molecular complexity index is 2260. The first-order valence-corrected chi connectivity index (χ1v) is 17.1. The number of aromatic nitrogens is 1. The molecule has 1 unspecified atom stereocenters. The molecule has 1 atom stereocenters. The Balaban J connectivity index is 1.25. The van der Waals surface area contributed by atoms with Crippen molar-refractivity contribution in [2.75, 3.05) is 4.90 Å². The standard InChI is InChI=1S/C48H34N2/c1-4-13-35(14-5-1)37-22-26-41(27-23-37)50(42-28-24-38(25-29-42)36-15-6-2-7-16-36)43-30-31-45-44-20-10-11-21-46(44)48(47(45)33-43,39-17-8-3-9-18-39)40-19-12-32-49-34-40/h1-34H. The number of hydrogen-bond donors (Lipinski definition) is 0. The molecule has 2 heteroatoms. The molecule has 0 bridgehead atoms. The minimum atomic E-state index is -0.530. The van der Waals surface area contributed by atoms with Crippen LogP contribution in [-0.2, 0) is 5.41 Å². The van der Waals surface area contributed by atoms with Crippen molar-refractivity contribution >= 4 is 17.1 Å². The first-order valence-electron chi connectivity index (χ1n) is 17.1. The van der Waals surface area contributed by atoms with Gasteiger partial charge >= 0.3 is 0 Å². The summed E-state index contributed by atoms with van der Waals surface area (Å²) in [5, 5.41) is 0. The van der Waals surface area contributed by atoms with Gasteiger partial charge in [0.2, 0.25) is 0 Å². The van der Waals surface area contributed by atoms with Crippen LogP contribution >= 0.6 is 0 Å². The summed E-state index contributed by atoms with van der Waals surface area (Å²) in [6.07, 6.45) is 3.90. The Morgan fingerprint density at radius 2 is 0.840 bits per heavy atom. The van der Waals surface area contributed by atoms with Crippen molar-refractivity contribution in [3.63, 3.8) is 0 Å². The SMILES string of the molecule is c1ccc(-c2ccc(N(c3ccc(-c4ccccc4)cc3)c3ccc4c(c3)C(c3ccccc3)(c3cccnc3)c3ccccc3-4)cc2)cc1. The first kappa shape index (κ1) is 29.6. The highest BCUT2D eigenvalue weighted by Gasteiger charge is 2.46. The molecule has 0 aliphatic heterocycles. The highest BCUT2D eigenvalue weighted by molar-refractivity contribution is 5.89. The molecule has 0 N–H and O–H groups in total. The van der Waals surface area contributed by atoms with Crippen LogP contribution in [0.3, 0.4) is 0 Å². The zero-order valence-corrected chi connectivity index (χ0v) is 27.5. The Kier molecular flexibility index (Phi) is 7.40. The molecule has 2 nitrogen and oxygen atoms in total. The second-order valence-corrected chi connectivity index (χ2v) is 12.8. The van der Waals surface area contributed by atoms with Crippen LogP contribution in [0.5, 0.6) is 0 Å². The van der Waals surface area contributed by atoms with E-state index in [1.54, 1.807) is 0 Å². The average Bonchev–Trinajstić information content (AvgIpc) is 3.50. The highest BCUT2D eigenvalue weighted by atomic mass is 15.1. The summed E-state index contributed by atoms with van der Waals surface area (Å²) >= 11 is 0. The topological polar surface area (TPSA) is 16.1 Å². The maximum Gasteiger partial charge on any atom is 0.0729 e. The molecule has 9 rings (SSSR count). The van der Waals surface area contributed by atoms with E-state index >= 15 is 0 Å². The summed E-state index contributed by atoms with van der Waals surface area (Å²) in [5.74, 6) is 0. The molecule has 0 fully saturated rings. The van der Waals surface area contributed by atoms with E-state index < -0.39 is 5.41 Å². The third kappa shape index (κ3) is 4.93. The van der Waals surface area contributed by atoms with E-state index in [1.807, 2.05) is 12.4 Å². The van der Waals surface area contributed by atoms with Gasteiger partial charge in [-0.15, -0.1) is 0 Å². The molecule has 0 radical (unpaired) electrons. The van der Waals surface area contributed by atoms with Crippen molar-refractivity contribution in [3.8, 4) is 33.4 Å². The lowest BCUT2D eigenvalue weighted by molar-refractivity contribution is 0.763. The van der Waals surface area contributed by atoms with Gasteiger partial charge in [0.15, 0.2) is 0 Å². The quantitative estimate of drug-likeness (QED) is 0.173. The van der Waals surface area contributed by atoms with Gasteiger partial charge in [-0.2, -0.15) is 0 Å². The molecule has 1 aliphatic rings. The monoisotopic (exact) mass is 638 g/mol. The number of hydrogen-bond acceptors (Lipinski definition) is 2. The van der Waals surface area contributed by atoms with Crippen LogP contribution in [0.25, 0.3) is 33.4 Å². The molecular weight excluding hydrogens is 605 g/mol. The van der Waals surface area contributed by atoms with Crippen molar-refractivity contribution in [3.05, 3.63) is 229 Å². The highest BCUT2D eigenvalue weighted by Crippen LogP contribution is 2.57. The molecule has 0 amide bonds. The summed E-state index contributed by atoms with van der Waals surface area (Å²) in [5.41, 5.74) is 15.0. The van der Waals surface area contributed by atoms with Crippen LogP contribution in [-0.4, -0.2) is 4.98 Å². The maximum atomic E-state index is 4.65.